The number of aliphatic carboxylic acids is 1. The van der Waals surface area contributed by atoms with Gasteiger partial charge >= 0.3 is 12.1 Å². The van der Waals surface area contributed by atoms with Crippen molar-refractivity contribution >= 4 is 23.8 Å². The van der Waals surface area contributed by atoms with Crippen LogP contribution >= 0.6 is 11.8 Å². The lowest BCUT2D eigenvalue weighted by molar-refractivity contribution is -0.149. The van der Waals surface area contributed by atoms with E-state index in [1.54, 1.807) is 37.3 Å². The fraction of sp³-hybridized carbons (Fsp3) is 0.462. The summed E-state index contributed by atoms with van der Waals surface area (Å²) in [5.41, 5.74) is 0.817. The number of hydrogen-bond acceptors (Lipinski definition) is 6. The van der Waals surface area contributed by atoms with Crippen LogP contribution in [-0.4, -0.2) is 66.0 Å². The van der Waals surface area contributed by atoms with Crippen LogP contribution in [0.3, 0.4) is 0 Å². The second-order valence-corrected chi connectivity index (χ2v) is 8.95. The molecular weight excluding hydrogens is 473 g/mol. The fourth-order valence-electron chi connectivity index (χ4n) is 3.21. The van der Waals surface area contributed by atoms with Gasteiger partial charge in [0.05, 0.1) is 6.54 Å². The topological polar surface area (TPSA) is 85.3 Å². The summed E-state index contributed by atoms with van der Waals surface area (Å²) in [4.78, 5) is 25.5. The van der Waals surface area contributed by atoms with Crippen molar-refractivity contribution in [2.24, 2.45) is 0 Å². The van der Waals surface area contributed by atoms with Crippen LogP contribution in [0.15, 0.2) is 48.5 Å². The van der Waals surface area contributed by atoms with Crippen LogP contribution < -0.4 is 9.47 Å². The number of halogens is 1. The molecule has 0 radical (unpaired) electrons. The van der Waals surface area contributed by atoms with Gasteiger partial charge in [0.1, 0.15) is 12.4 Å². The smallest absolute Gasteiger partial charge is 0.415 e. The molecule has 0 saturated carbocycles. The number of thioether (sulfide) groups is 1. The molecule has 0 aliphatic heterocycles. The Kier molecular flexibility index (Phi) is 13.0. The van der Waals surface area contributed by atoms with E-state index in [2.05, 4.69) is 6.92 Å². The lowest BCUT2D eigenvalue weighted by Gasteiger charge is -2.22. The fourth-order valence-corrected chi connectivity index (χ4v) is 4.04. The van der Waals surface area contributed by atoms with Crippen LogP contribution in [-0.2, 0) is 16.0 Å². The van der Waals surface area contributed by atoms with Crippen molar-refractivity contribution in [2.45, 2.75) is 39.2 Å². The third kappa shape index (κ3) is 10.6. The van der Waals surface area contributed by atoms with Crippen molar-refractivity contribution in [1.29, 1.82) is 0 Å². The number of carbonyl (C=O) groups excluding carboxylic acids is 1. The molecule has 7 nitrogen and oxygen atoms in total. The summed E-state index contributed by atoms with van der Waals surface area (Å²) in [6.45, 7) is 5.18. The third-order valence-electron chi connectivity index (χ3n) is 4.97. The molecule has 0 aromatic heterocycles. The zero-order valence-corrected chi connectivity index (χ0v) is 21.1. The van der Waals surface area contributed by atoms with E-state index >= 15 is 0 Å². The van der Waals surface area contributed by atoms with Crippen LogP contribution in [0.25, 0.3) is 0 Å². The Morgan fingerprint density at radius 1 is 1.06 bits per heavy atom. The number of ether oxygens (including phenoxy) is 3. The number of rotatable bonds is 16. The number of carboxylic acids is 1. The van der Waals surface area contributed by atoms with Gasteiger partial charge in [-0.15, -0.1) is 0 Å². The molecule has 0 bridgehead atoms. The van der Waals surface area contributed by atoms with Gasteiger partial charge in [0.15, 0.2) is 17.7 Å². The Morgan fingerprint density at radius 2 is 1.80 bits per heavy atom. The zero-order valence-electron chi connectivity index (χ0n) is 20.3. The first-order valence-electron chi connectivity index (χ1n) is 11.8. The third-order valence-corrected chi connectivity index (χ3v) is 6.25. The minimum Gasteiger partial charge on any atom is -0.492 e. The SMILES string of the molecule is CCCSCCCN(CCOc1ccc(CC(OCC)C(=O)O)cc1)C(=O)Oc1ccccc1F. The van der Waals surface area contributed by atoms with E-state index in [0.717, 1.165) is 29.9 Å². The molecule has 1 atom stereocenters. The number of nitrogens with zero attached hydrogens (tertiary/aromatic N) is 1. The van der Waals surface area contributed by atoms with Gasteiger partial charge in [0, 0.05) is 19.6 Å². The zero-order chi connectivity index (χ0) is 25.5. The minimum atomic E-state index is -0.998. The molecular formula is C26H34FNO6S. The Morgan fingerprint density at radius 3 is 2.46 bits per heavy atom. The molecule has 0 fully saturated rings. The van der Waals surface area contributed by atoms with E-state index in [1.165, 1.54) is 23.1 Å². The van der Waals surface area contributed by atoms with Crippen molar-refractivity contribution in [3.63, 3.8) is 0 Å². The van der Waals surface area contributed by atoms with Crippen molar-refractivity contribution in [1.82, 2.24) is 4.90 Å². The maximum absolute atomic E-state index is 13.9. The van der Waals surface area contributed by atoms with Gasteiger partial charge in [-0.3, -0.25) is 0 Å². The highest BCUT2D eigenvalue weighted by atomic mass is 32.2. The number of carbonyl (C=O) groups is 2. The molecule has 0 spiro atoms. The highest BCUT2D eigenvalue weighted by Crippen LogP contribution is 2.18. The van der Waals surface area contributed by atoms with E-state index in [9.17, 15) is 19.1 Å². The Balaban J connectivity index is 1.91. The second kappa shape index (κ2) is 16.0. The van der Waals surface area contributed by atoms with Gasteiger partial charge in [-0.05, 0) is 61.1 Å². The van der Waals surface area contributed by atoms with E-state index < -0.39 is 24.0 Å². The number of para-hydroxylation sites is 1. The molecule has 2 aromatic carbocycles. The van der Waals surface area contributed by atoms with Crippen molar-refractivity contribution in [2.75, 3.05) is 37.8 Å². The first-order chi connectivity index (χ1) is 16.9. The first-order valence-corrected chi connectivity index (χ1v) is 12.9. The Hall–Kier alpha value is -2.78. The molecule has 9 heteroatoms. The second-order valence-electron chi connectivity index (χ2n) is 7.73. The average Bonchev–Trinajstić information content (AvgIpc) is 2.84. The van der Waals surface area contributed by atoms with Gasteiger partial charge < -0.3 is 24.2 Å². The largest absolute Gasteiger partial charge is 0.492 e. The molecule has 1 amide bonds. The van der Waals surface area contributed by atoms with Gasteiger partial charge in [0.25, 0.3) is 0 Å². The number of carboxylic acid groups (broad SMARTS) is 1. The maximum Gasteiger partial charge on any atom is 0.415 e. The van der Waals surface area contributed by atoms with Crippen LogP contribution in [0.5, 0.6) is 11.5 Å². The Bertz CT molecular complexity index is 911. The molecule has 2 aromatic rings. The summed E-state index contributed by atoms with van der Waals surface area (Å²) in [6, 6.07) is 12.9. The number of benzene rings is 2. The summed E-state index contributed by atoms with van der Waals surface area (Å²) in [5.74, 6) is 0.881. The maximum atomic E-state index is 13.9. The number of amides is 1. The molecule has 0 saturated heterocycles. The molecule has 0 aliphatic rings. The summed E-state index contributed by atoms with van der Waals surface area (Å²) in [5, 5.41) is 9.23. The number of hydrogen-bond donors (Lipinski definition) is 1. The molecule has 0 heterocycles. The highest BCUT2D eigenvalue weighted by molar-refractivity contribution is 7.99. The van der Waals surface area contributed by atoms with Crippen molar-refractivity contribution in [3.05, 3.63) is 59.9 Å². The monoisotopic (exact) mass is 507 g/mol. The first kappa shape index (κ1) is 28.5. The van der Waals surface area contributed by atoms with Crippen LogP contribution in [0, 0.1) is 5.82 Å². The van der Waals surface area contributed by atoms with Crippen LogP contribution in [0.4, 0.5) is 9.18 Å². The lowest BCUT2D eigenvalue weighted by atomic mass is 10.1. The van der Waals surface area contributed by atoms with Gasteiger partial charge in [-0.2, -0.15) is 11.8 Å². The molecule has 1 unspecified atom stereocenters. The van der Waals surface area contributed by atoms with Gasteiger partial charge in [-0.1, -0.05) is 31.2 Å². The summed E-state index contributed by atoms with van der Waals surface area (Å²) in [7, 11) is 0. The lowest BCUT2D eigenvalue weighted by Crippen LogP contribution is -2.37. The Labute approximate surface area is 210 Å². The van der Waals surface area contributed by atoms with Gasteiger partial charge in [-0.25, -0.2) is 14.0 Å². The molecule has 2 rings (SSSR count). The summed E-state index contributed by atoms with van der Waals surface area (Å²) >= 11 is 1.83. The summed E-state index contributed by atoms with van der Waals surface area (Å²) < 4.78 is 30.2. The predicted octanol–water partition coefficient (Wildman–Crippen LogP) is 5.27. The van der Waals surface area contributed by atoms with E-state index in [0.29, 0.717) is 18.9 Å². The quantitative estimate of drug-likeness (QED) is 0.310. The van der Waals surface area contributed by atoms with Crippen LogP contribution in [0.2, 0.25) is 0 Å². The van der Waals surface area contributed by atoms with Gasteiger partial charge in [0.2, 0.25) is 0 Å². The van der Waals surface area contributed by atoms with Crippen molar-refractivity contribution in [3.8, 4) is 11.5 Å². The molecule has 0 aliphatic carbocycles. The predicted molar refractivity (Wildman–Crippen MR) is 135 cm³/mol. The standard InChI is InChI=1S/C26H34FNO6S/c1-3-17-35-18-7-14-28(26(31)34-23-9-6-5-8-22(23)27)15-16-33-21-12-10-20(11-13-21)19-24(25(29)30)32-4-2/h5-6,8-13,24H,3-4,7,14-19H2,1-2H3,(H,29,30). The summed E-state index contributed by atoms with van der Waals surface area (Å²) in [6.07, 6.45) is 0.631. The molecule has 35 heavy (non-hydrogen) atoms. The van der Waals surface area contributed by atoms with Crippen molar-refractivity contribution < 1.29 is 33.3 Å². The highest BCUT2D eigenvalue weighted by Gasteiger charge is 2.19. The average molecular weight is 508 g/mol. The van der Waals surface area contributed by atoms with Crippen LogP contribution in [0.1, 0.15) is 32.3 Å². The van der Waals surface area contributed by atoms with E-state index in [1.807, 2.05) is 11.8 Å². The molecule has 192 valence electrons. The molecule has 1 N–H and O–H groups in total. The van der Waals surface area contributed by atoms with E-state index in [-0.39, 0.29) is 25.3 Å². The minimum absolute atomic E-state index is 0.105. The van der Waals surface area contributed by atoms with E-state index in [4.69, 9.17) is 14.2 Å². The normalized spacial score (nSPS) is 11.6.